The molecule has 0 aliphatic carbocycles. The highest BCUT2D eigenvalue weighted by Gasteiger charge is 2.08. The summed E-state index contributed by atoms with van der Waals surface area (Å²) < 4.78 is 4.96. The zero-order valence-electron chi connectivity index (χ0n) is 8.21. The molecule has 2 N–H and O–H groups in total. The first-order valence-corrected chi connectivity index (χ1v) is 5.47. The molecule has 2 aromatic rings. The van der Waals surface area contributed by atoms with Gasteiger partial charge in [-0.1, -0.05) is 5.16 Å². The minimum absolute atomic E-state index is 0.129. The van der Waals surface area contributed by atoms with E-state index in [-0.39, 0.29) is 13.1 Å². The Morgan fingerprint density at radius 3 is 3.19 bits per heavy atom. The molecule has 0 aromatic carbocycles. The van der Waals surface area contributed by atoms with Gasteiger partial charge in [-0.25, -0.2) is 0 Å². The predicted molar refractivity (Wildman–Crippen MR) is 57.0 cm³/mol. The third-order valence-corrected chi connectivity index (χ3v) is 2.48. The summed E-state index contributed by atoms with van der Waals surface area (Å²) >= 11 is 1.55. The maximum absolute atomic E-state index is 10.3. The van der Waals surface area contributed by atoms with Gasteiger partial charge in [0.15, 0.2) is 0 Å². The lowest BCUT2D eigenvalue weighted by atomic mass is 10.3. The fourth-order valence-corrected chi connectivity index (χ4v) is 1.75. The second-order valence-electron chi connectivity index (χ2n) is 3.02. The van der Waals surface area contributed by atoms with Crippen molar-refractivity contribution in [3.63, 3.8) is 0 Å². The number of hydrogen-bond acceptors (Lipinski definition) is 6. The summed E-state index contributed by atoms with van der Waals surface area (Å²) in [6.07, 6.45) is 0. The molecule has 7 heteroatoms. The average Bonchev–Trinajstić information content (AvgIpc) is 2.85. The van der Waals surface area contributed by atoms with Crippen LogP contribution in [0.3, 0.4) is 0 Å². The number of aliphatic carboxylic acids is 1. The lowest BCUT2D eigenvalue weighted by molar-refractivity contribution is -0.136. The van der Waals surface area contributed by atoms with Crippen molar-refractivity contribution in [2.45, 2.75) is 6.54 Å². The number of carboxylic acids is 1. The van der Waals surface area contributed by atoms with Gasteiger partial charge in [-0.05, 0) is 11.4 Å². The lowest BCUT2D eigenvalue weighted by Gasteiger charge is -1.94. The first-order chi connectivity index (χ1) is 7.75. The SMILES string of the molecule is O=C(O)CNCc1nc(-c2ccsc2)no1. The van der Waals surface area contributed by atoms with Gasteiger partial charge in [-0.15, -0.1) is 0 Å². The maximum atomic E-state index is 10.3. The smallest absolute Gasteiger partial charge is 0.317 e. The van der Waals surface area contributed by atoms with E-state index in [1.807, 2.05) is 16.8 Å². The number of nitrogens with one attached hydrogen (secondary N) is 1. The molecule has 84 valence electrons. The molecule has 0 amide bonds. The average molecular weight is 239 g/mol. The second-order valence-corrected chi connectivity index (χ2v) is 3.80. The summed E-state index contributed by atoms with van der Waals surface area (Å²) in [4.78, 5) is 14.4. The van der Waals surface area contributed by atoms with Crippen LogP contribution in [0.15, 0.2) is 21.3 Å². The van der Waals surface area contributed by atoms with Crippen LogP contribution in [-0.2, 0) is 11.3 Å². The number of rotatable bonds is 5. The largest absolute Gasteiger partial charge is 0.480 e. The first kappa shape index (κ1) is 10.8. The number of aromatic nitrogens is 2. The number of carbonyl (C=O) groups is 1. The van der Waals surface area contributed by atoms with Crippen LogP contribution in [0.4, 0.5) is 0 Å². The monoisotopic (exact) mass is 239 g/mol. The lowest BCUT2D eigenvalue weighted by Crippen LogP contribution is -2.21. The van der Waals surface area contributed by atoms with Crippen molar-refractivity contribution in [3.05, 3.63) is 22.7 Å². The van der Waals surface area contributed by atoms with Crippen molar-refractivity contribution in [3.8, 4) is 11.4 Å². The molecule has 2 heterocycles. The summed E-state index contributed by atoms with van der Waals surface area (Å²) in [6.45, 7) is 0.125. The zero-order chi connectivity index (χ0) is 11.4. The molecule has 0 aliphatic heterocycles. The van der Waals surface area contributed by atoms with E-state index < -0.39 is 5.97 Å². The molecule has 6 nitrogen and oxygen atoms in total. The predicted octanol–water partition coefficient (Wildman–Crippen LogP) is 0.972. The van der Waals surface area contributed by atoms with Crippen LogP contribution < -0.4 is 5.32 Å². The normalized spacial score (nSPS) is 10.5. The fourth-order valence-electron chi connectivity index (χ4n) is 1.11. The first-order valence-electron chi connectivity index (χ1n) is 4.53. The molecule has 2 rings (SSSR count). The van der Waals surface area contributed by atoms with Gasteiger partial charge in [0.2, 0.25) is 11.7 Å². The van der Waals surface area contributed by atoms with Gasteiger partial charge in [0, 0.05) is 10.9 Å². The number of nitrogens with zero attached hydrogens (tertiary/aromatic N) is 2. The summed E-state index contributed by atoms with van der Waals surface area (Å²) in [5.41, 5.74) is 0.901. The van der Waals surface area contributed by atoms with Crippen LogP contribution in [0, 0.1) is 0 Å². The van der Waals surface area contributed by atoms with Crippen LogP contribution >= 0.6 is 11.3 Å². The molecular formula is C9H9N3O3S. The Kier molecular flexibility index (Phi) is 3.28. The van der Waals surface area contributed by atoms with E-state index in [1.165, 1.54) is 0 Å². The number of hydrogen-bond donors (Lipinski definition) is 2. The Bertz CT molecular complexity index is 466. The van der Waals surface area contributed by atoms with Gasteiger partial charge in [0.1, 0.15) is 0 Å². The quantitative estimate of drug-likeness (QED) is 0.808. The summed E-state index contributed by atoms with van der Waals surface area (Å²) in [6, 6.07) is 1.89. The standard InChI is InChI=1S/C9H9N3O3S/c13-8(14)4-10-3-7-11-9(12-15-7)6-1-2-16-5-6/h1-2,5,10H,3-4H2,(H,13,14). The van der Waals surface area contributed by atoms with E-state index in [0.717, 1.165) is 5.56 Å². The summed E-state index contributed by atoms with van der Waals surface area (Å²) in [7, 11) is 0. The van der Waals surface area contributed by atoms with E-state index >= 15 is 0 Å². The number of carboxylic acid groups (broad SMARTS) is 1. The highest BCUT2D eigenvalue weighted by atomic mass is 32.1. The highest BCUT2D eigenvalue weighted by molar-refractivity contribution is 7.08. The molecule has 0 fully saturated rings. The van der Waals surface area contributed by atoms with Gasteiger partial charge in [-0.2, -0.15) is 16.3 Å². The molecule has 16 heavy (non-hydrogen) atoms. The van der Waals surface area contributed by atoms with Crippen molar-refractivity contribution in [2.75, 3.05) is 6.54 Å². The van der Waals surface area contributed by atoms with E-state index in [4.69, 9.17) is 9.63 Å². The molecule has 0 bridgehead atoms. The van der Waals surface area contributed by atoms with Crippen molar-refractivity contribution in [1.29, 1.82) is 0 Å². The van der Waals surface area contributed by atoms with Gasteiger partial charge in [0.25, 0.3) is 0 Å². The van der Waals surface area contributed by atoms with Crippen molar-refractivity contribution >= 4 is 17.3 Å². The second kappa shape index (κ2) is 4.86. The van der Waals surface area contributed by atoms with Gasteiger partial charge >= 0.3 is 5.97 Å². The molecule has 0 saturated carbocycles. The Morgan fingerprint density at radius 2 is 2.50 bits per heavy atom. The highest BCUT2D eigenvalue weighted by Crippen LogP contribution is 2.18. The third-order valence-electron chi connectivity index (χ3n) is 1.80. The van der Waals surface area contributed by atoms with Crippen LogP contribution in [0.2, 0.25) is 0 Å². The number of thiophene rings is 1. The fraction of sp³-hybridized carbons (Fsp3) is 0.222. The Hall–Kier alpha value is -1.73. The minimum Gasteiger partial charge on any atom is -0.480 e. The zero-order valence-corrected chi connectivity index (χ0v) is 9.03. The molecule has 0 radical (unpaired) electrons. The summed E-state index contributed by atoms with van der Waals surface area (Å²) in [5.74, 6) is -0.0200. The van der Waals surface area contributed by atoms with E-state index in [0.29, 0.717) is 11.7 Å². The van der Waals surface area contributed by atoms with E-state index in [9.17, 15) is 4.79 Å². The third kappa shape index (κ3) is 2.65. The van der Waals surface area contributed by atoms with Crippen molar-refractivity contribution in [1.82, 2.24) is 15.5 Å². The molecule has 2 aromatic heterocycles. The minimum atomic E-state index is -0.919. The van der Waals surface area contributed by atoms with Crippen LogP contribution in [0.5, 0.6) is 0 Å². The molecule has 0 spiro atoms. The van der Waals surface area contributed by atoms with Crippen molar-refractivity contribution < 1.29 is 14.4 Å². The van der Waals surface area contributed by atoms with E-state index in [2.05, 4.69) is 15.5 Å². The maximum Gasteiger partial charge on any atom is 0.317 e. The van der Waals surface area contributed by atoms with Crippen LogP contribution in [-0.4, -0.2) is 27.8 Å². The molecule has 0 saturated heterocycles. The topological polar surface area (TPSA) is 88.2 Å². The van der Waals surface area contributed by atoms with Crippen molar-refractivity contribution in [2.24, 2.45) is 0 Å². The van der Waals surface area contributed by atoms with Gasteiger partial charge < -0.3 is 9.63 Å². The Labute approximate surface area is 94.9 Å². The van der Waals surface area contributed by atoms with Gasteiger partial charge in [-0.3, -0.25) is 10.1 Å². The van der Waals surface area contributed by atoms with Crippen LogP contribution in [0.1, 0.15) is 5.89 Å². The van der Waals surface area contributed by atoms with Gasteiger partial charge in [0.05, 0.1) is 13.1 Å². The molecular weight excluding hydrogens is 230 g/mol. The Balaban J connectivity index is 1.95. The molecule has 0 aliphatic rings. The molecule has 0 atom stereocenters. The molecule has 0 unspecified atom stereocenters. The Morgan fingerprint density at radius 1 is 1.62 bits per heavy atom. The summed E-state index contributed by atoms with van der Waals surface area (Å²) in [5, 5.41) is 18.7. The van der Waals surface area contributed by atoms with E-state index in [1.54, 1.807) is 11.3 Å². The van der Waals surface area contributed by atoms with Crippen LogP contribution in [0.25, 0.3) is 11.4 Å².